The number of ether oxygens (including phenoxy) is 1. The van der Waals surface area contributed by atoms with Crippen molar-refractivity contribution in [2.75, 3.05) is 6.61 Å². The summed E-state index contributed by atoms with van der Waals surface area (Å²) in [4.78, 5) is 0. The topological polar surface area (TPSA) is 47.3 Å². The van der Waals surface area contributed by atoms with E-state index in [9.17, 15) is 0 Å². The minimum absolute atomic E-state index is 0.168. The molecule has 1 rings (SSSR count). The Morgan fingerprint density at radius 2 is 1.81 bits per heavy atom. The van der Waals surface area contributed by atoms with E-state index in [1.807, 2.05) is 6.92 Å². The fourth-order valence-electron chi connectivity index (χ4n) is 3.01. The van der Waals surface area contributed by atoms with E-state index in [1.165, 1.54) is 38.5 Å². The summed E-state index contributed by atoms with van der Waals surface area (Å²) in [7, 11) is 0. The van der Waals surface area contributed by atoms with Crippen LogP contribution in [0.4, 0.5) is 0 Å². The number of rotatable bonds is 5. The van der Waals surface area contributed by atoms with Gasteiger partial charge in [0.15, 0.2) is 0 Å². The van der Waals surface area contributed by atoms with Gasteiger partial charge in [-0.15, -0.1) is 0 Å². The summed E-state index contributed by atoms with van der Waals surface area (Å²) in [6.07, 6.45) is 8.00. The molecule has 1 atom stereocenters. The van der Waals surface area contributed by atoms with Crippen molar-refractivity contribution in [2.45, 2.75) is 70.9 Å². The van der Waals surface area contributed by atoms with Crippen LogP contribution >= 0.6 is 0 Å². The van der Waals surface area contributed by atoms with Crippen molar-refractivity contribution in [2.24, 2.45) is 11.8 Å². The first-order valence-electron chi connectivity index (χ1n) is 6.72. The van der Waals surface area contributed by atoms with Crippen LogP contribution in [-0.2, 0) is 4.74 Å². The van der Waals surface area contributed by atoms with Crippen LogP contribution in [0.15, 0.2) is 0 Å². The molecule has 3 heteroatoms. The minimum Gasteiger partial charge on any atom is -0.374 e. The van der Waals surface area contributed by atoms with Crippen molar-refractivity contribution < 1.29 is 4.74 Å². The van der Waals surface area contributed by atoms with Gasteiger partial charge in [-0.05, 0) is 39.5 Å². The summed E-state index contributed by atoms with van der Waals surface area (Å²) in [6, 6.07) is 0.269. The van der Waals surface area contributed by atoms with E-state index in [2.05, 4.69) is 19.3 Å². The molecule has 0 amide bonds. The molecule has 96 valence electrons. The number of nitrogens with one attached hydrogen (secondary N) is 1. The predicted octanol–water partition coefficient (Wildman–Crippen LogP) is 2.60. The third-order valence-corrected chi connectivity index (χ3v) is 3.82. The summed E-state index contributed by atoms with van der Waals surface area (Å²) >= 11 is 0. The van der Waals surface area contributed by atoms with Gasteiger partial charge >= 0.3 is 0 Å². The van der Waals surface area contributed by atoms with E-state index < -0.39 is 0 Å². The van der Waals surface area contributed by atoms with Crippen LogP contribution in [0.3, 0.4) is 0 Å². The zero-order valence-corrected chi connectivity index (χ0v) is 11.1. The van der Waals surface area contributed by atoms with Gasteiger partial charge < -0.3 is 4.74 Å². The SMILES string of the molecule is CCOC(C)(C)C(NN)C1CCCCCC1. The van der Waals surface area contributed by atoms with Crippen molar-refractivity contribution in [1.82, 2.24) is 5.43 Å². The van der Waals surface area contributed by atoms with E-state index >= 15 is 0 Å². The molecule has 3 nitrogen and oxygen atoms in total. The second kappa shape index (κ2) is 6.58. The lowest BCUT2D eigenvalue weighted by Crippen LogP contribution is -2.55. The maximum Gasteiger partial charge on any atom is 0.0794 e. The first-order valence-corrected chi connectivity index (χ1v) is 6.72. The Hall–Kier alpha value is -0.120. The third-order valence-electron chi connectivity index (χ3n) is 3.82. The highest BCUT2D eigenvalue weighted by Gasteiger charge is 2.35. The van der Waals surface area contributed by atoms with Gasteiger partial charge in [-0.2, -0.15) is 0 Å². The van der Waals surface area contributed by atoms with Crippen molar-refractivity contribution in [1.29, 1.82) is 0 Å². The molecule has 1 unspecified atom stereocenters. The zero-order valence-electron chi connectivity index (χ0n) is 11.1. The smallest absolute Gasteiger partial charge is 0.0794 e. The number of hydrogen-bond donors (Lipinski definition) is 2. The van der Waals surface area contributed by atoms with Gasteiger partial charge in [0.2, 0.25) is 0 Å². The maximum absolute atomic E-state index is 5.83. The predicted molar refractivity (Wildman–Crippen MR) is 68.0 cm³/mol. The highest BCUT2D eigenvalue weighted by molar-refractivity contribution is 4.90. The van der Waals surface area contributed by atoms with Gasteiger partial charge in [-0.25, -0.2) is 0 Å². The van der Waals surface area contributed by atoms with Gasteiger partial charge in [-0.3, -0.25) is 11.3 Å². The van der Waals surface area contributed by atoms with E-state index in [0.717, 1.165) is 6.61 Å². The van der Waals surface area contributed by atoms with Crippen molar-refractivity contribution >= 4 is 0 Å². The van der Waals surface area contributed by atoms with E-state index in [1.54, 1.807) is 0 Å². The molecule has 1 aliphatic carbocycles. The normalized spacial score (nSPS) is 21.8. The van der Waals surface area contributed by atoms with E-state index in [0.29, 0.717) is 5.92 Å². The number of nitrogens with two attached hydrogens (primary N) is 1. The number of hydrazine groups is 1. The van der Waals surface area contributed by atoms with Crippen LogP contribution in [0.5, 0.6) is 0 Å². The molecule has 0 aromatic heterocycles. The maximum atomic E-state index is 5.83. The van der Waals surface area contributed by atoms with Crippen LogP contribution in [-0.4, -0.2) is 18.2 Å². The molecule has 0 aromatic rings. The Morgan fingerprint density at radius 3 is 2.25 bits per heavy atom. The Bertz CT molecular complexity index is 186. The minimum atomic E-state index is -0.168. The molecule has 0 spiro atoms. The molecule has 3 N–H and O–H groups in total. The van der Waals surface area contributed by atoms with Crippen molar-refractivity contribution in [3.05, 3.63) is 0 Å². The molecule has 0 aliphatic heterocycles. The summed E-state index contributed by atoms with van der Waals surface area (Å²) in [6.45, 7) is 7.08. The molecule has 0 radical (unpaired) electrons. The average Bonchev–Trinajstić information content (AvgIpc) is 2.47. The fourth-order valence-corrected chi connectivity index (χ4v) is 3.01. The van der Waals surface area contributed by atoms with Crippen LogP contribution < -0.4 is 11.3 Å². The van der Waals surface area contributed by atoms with E-state index in [-0.39, 0.29) is 11.6 Å². The zero-order chi connectivity index (χ0) is 12.0. The van der Waals surface area contributed by atoms with Crippen molar-refractivity contribution in [3.8, 4) is 0 Å². The lowest BCUT2D eigenvalue weighted by molar-refractivity contribution is -0.0548. The summed E-state index contributed by atoms with van der Waals surface area (Å²) < 4.78 is 5.83. The summed E-state index contributed by atoms with van der Waals surface area (Å²) in [5.74, 6) is 6.40. The second-order valence-corrected chi connectivity index (χ2v) is 5.43. The highest BCUT2D eigenvalue weighted by atomic mass is 16.5. The quantitative estimate of drug-likeness (QED) is 0.432. The summed E-state index contributed by atoms with van der Waals surface area (Å²) in [5, 5.41) is 0. The fraction of sp³-hybridized carbons (Fsp3) is 1.00. The van der Waals surface area contributed by atoms with E-state index in [4.69, 9.17) is 10.6 Å². The standard InChI is InChI=1S/C13H28N2O/c1-4-16-13(2,3)12(15-14)11-9-7-5-6-8-10-11/h11-12,15H,4-10,14H2,1-3H3. The molecule has 0 saturated heterocycles. The van der Waals surface area contributed by atoms with Crippen LogP contribution in [0.25, 0.3) is 0 Å². The molecule has 0 heterocycles. The largest absolute Gasteiger partial charge is 0.374 e. The molecule has 16 heavy (non-hydrogen) atoms. The monoisotopic (exact) mass is 228 g/mol. The van der Waals surface area contributed by atoms with Gasteiger partial charge in [0, 0.05) is 6.61 Å². The van der Waals surface area contributed by atoms with Crippen LogP contribution in [0.2, 0.25) is 0 Å². The Morgan fingerprint density at radius 1 is 1.25 bits per heavy atom. The third kappa shape index (κ3) is 3.72. The Kier molecular flexibility index (Phi) is 5.73. The van der Waals surface area contributed by atoms with Crippen LogP contribution in [0.1, 0.15) is 59.3 Å². The molecule has 0 bridgehead atoms. The Balaban J connectivity index is 2.63. The first-order chi connectivity index (χ1) is 7.61. The average molecular weight is 228 g/mol. The lowest BCUT2D eigenvalue weighted by atomic mass is 9.82. The number of hydrogen-bond acceptors (Lipinski definition) is 3. The van der Waals surface area contributed by atoms with Gasteiger partial charge in [-0.1, -0.05) is 25.7 Å². The van der Waals surface area contributed by atoms with Gasteiger partial charge in [0.1, 0.15) is 0 Å². The lowest BCUT2D eigenvalue weighted by Gasteiger charge is -2.38. The molecule has 0 aromatic carbocycles. The molecule has 1 fully saturated rings. The molecular weight excluding hydrogens is 200 g/mol. The van der Waals surface area contributed by atoms with Crippen molar-refractivity contribution in [3.63, 3.8) is 0 Å². The molecular formula is C13H28N2O. The van der Waals surface area contributed by atoms with Gasteiger partial charge in [0.25, 0.3) is 0 Å². The Labute approximate surface area is 100 Å². The van der Waals surface area contributed by atoms with Gasteiger partial charge in [0.05, 0.1) is 11.6 Å². The summed E-state index contributed by atoms with van der Waals surface area (Å²) in [5.41, 5.74) is 2.83. The van der Waals surface area contributed by atoms with Crippen LogP contribution in [0, 0.1) is 5.92 Å². The second-order valence-electron chi connectivity index (χ2n) is 5.43. The first kappa shape index (κ1) is 13.9. The molecule has 1 saturated carbocycles. The molecule has 1 aliphatic rings. The highest BCUT2D eigenvalue weighted by Crippen LogP contribution is 2.31.